The molecule has 1 saturated heterocycles. The summed E-state index contributed by atoms with van der Waals surface area (Å²) in [5.41, 5.74) is 6.23. The van der Waals surface area contributed by atoms with Gasteiger partial charge >= 0.3 is 0 Å². The van der Waals surface area contributed by atoms with E-state index in [9.17, 15) is 10.1 Å². The van der Waals surface area contributed by atoms with E-state index >= 15 is 0 Å². The number of nitrogens with two attached hydrogens (primary N) is 1. The summed E-state index contributed by atoms with van der Waals surface area (Å²) >= 11 is 0. The van der Waals surface area contributed by atoms with Crippen molar-refractivity contribution in [2.75, 3.05) is 39.0 Å². The molecule has 0 radical (unpaired) electrons. The maximum atomic E-state index is 11.5. The first kappa shape index (κ1) is 18.0. The summed E-state index contributed by atoms with van der Waals surface area (Å²) in [5.74, 6) is 6.44. The summed E-state index contributed by atoms with van der Waals surface area (Å²) in [6, 6.07) is 3.01. The third kappa shape index (κ3) is 3.59. The minimum Gasteiger partial charge on any atom is -0.383 e. The van der Waals surface area contributed by atoms with E-state index in [-0.39, 0.29) is 17.0 Å². The van der Waals surface area contributed by atoms with E-state index < -0.39 is 4.92 Å². The SMILES string of the molecule is CN1CCN(C(C)(C)C#Cc2cc3ncnc(N)c3cc2[N+](=O)[O-])CC1. The van der Waals surface area contributed by atoms with Gasteiger partial charge in [0.2, 0.25) is 0 Å². The molecule has 0 bridgehead atoms. The molecule has 0 aliphatic carbocycles. The lowest BCUT2D eigenvalue weighted by molar-refractivity contribution is -0.385. The Balaban J connectivity index is 1.99. The Morgan fingerprint density at radius 1 is 1.23 bits per heavy atom. The predicted molar refractivity (Wildman–Crippen MR) is 101 cm³/mol. The quantitative estimate of drug-likeness (QED) is 0.495. The average molecular weight is 354 g/mol. The number of piperazine rings is 1. The molecule has 136 valence electrons. The first-order chi connectivity index (χ1) is 12.3. The Kier molecular flexibility index (Phi) is 4.76. The van der Waals surface area contributed by atoms with E-state index in [0.29, 0.717) is 16.5 Å². The van der Waals surface area contributed by atoms with Crippen LogP contribution >= 0.6 is 0 Å². The predicted octanol–water partition coefficient (Wildman–Crippen LogP) is 1.50. The number of benzene rings is 1. The Bertz CT molecular complexity index is 907. The van der Waals surface area contributed by atoms with Crippen LogP contribution in [0.2, 0.25) is 0 Å². The van der Waals surface area contributed by atoms with Crippen LogP contribution < -0.4 is 5.73 Å². The molecule has 1 aliphatic heterocycles. The molecule has 26 heavy (non-hydrogen) atoms. The number of rotatable bonds is 2. The van der Waals surface area contributed by atoms with Crippen LogP contribution in [0.15, 0.2) is 18.5 Å². The highest BCUT2D eigenvalue weighted by Crippen LogP contribution is 2.27. The van der Waals surface area contributed by atoms with E-state index in [1.54, 1.807) is 6.07 Å². The molecule has 0 atom stereocenters. The smallest absolute Gasteiger partial charge is 0.285 e. The van der Waals surface area contributed by atoms with Crippen molar-refractivity contribution in [1.29, 1.82) is 0 Å². The fraction of sp³-hybridized carbons (Fsp3) is 0.444. The minimum absolute atomic E-state index is 0.0827. The number of anilines is 1. The molecule has 8 nitrogen and oxygen atoms in total. The molecule has 2 aromatic rings. The van der Waals surface area contributed by atoms with Gasteiger partial charge in [0.1, 0.15) is 17.7 Å². The normalized spacial score (nSPS) is 16.3. The number of hydrogen-bond donors (Lipinski definition) is 1. The van der Waals surface area contributed by atoms with Crippen molar-refractivity contribution in [3.63, 3.8) is 0 Å². The van der Waals surface area contributed by atoms with E-state index in [0.717, 1.165) is 26.2 Å². The Morgan fingerprint density at radius 2 is 1.92 bits per heavy atom. The second-order valence-corrected chi connectivity index (χ2v) is 7.00. The van der Waals surface area contributed by atoms with Gasteiger partial charge in [-0.25, -0.2) is 9.97 Å². The van der Waals surface area contributed by atoms with Crippen molar-refractivity contribution in [1.82, 2.24) is 19.8 Å². The fourth-order valence-corrected chi connectivity index (χ4v) is 3.03. The molecule has 1 fully saturated rings. The third-order valence-electron chi connectivity index (χ3n) is 4.78. The van der Waals surface area contributed by atoms with Gasteiger partial charge in [0.15, 0.2) is 0 Å². The lowest BCUT2D eigenvalue weighted by atomic mass is 10.0. The Hall–Kier alpha value is -2.76. The zero-order valence-corrected chi connectivity index (χ0v) is 15.2. The van der Waals surface area contributed by atoms with Crippen molar-refractivity contribution < 1.29 is 4.92 Å². The number of aromatic nitrogens is 2. The number of nitrogen functional groups attached to an aromatic ring is 1. The average Bonchev–Trinajstić information content (AvgIpc) is 2.60. The molecule has 3 rings (SSSR count). The topological polar surface area (TPSA) is 101 Å². The van der Waals surface area contributed by atoms with Crippen LogP contribution in [0.4, 0.5) is 11.5 Å². The van der Waals surface area contributed by atoms with Crippen molar-refractivity contribution >= 4 is 22.4 Å². The maximum absolute atomic E-state index is 11.5. The third-order valence-corrected chi connectivity index (χ3v) is 4.78. The summed E-state index contributed by atoms with van der Waals surface area (Å²) < 4.78 is 0. The number of hydrogen-bond acceptors (Lipinski definition) is 7. The van der Waals surface area contributed by atoms with E-state index in [2.05, 4.69) is 38.7 Å². The van der Waals surface area contributed by atoms with Crippen molar-refractivity contribution in [2.24, 2.45) is 0 Å². The summed E-state index contributed by atoms with van der Waals surface area (Å²) in [6.07, 6.45) is 1.34. The lowest BCUT2D eigenvalue weighted by Crippen LogP contribution is -2.53. The first-order valence-corrected chi connectivity index (χ1v) is 8.43. The molecule has 2 N–H and O–H groups in total. The van der Waals surface area contributed by atoms with Gasteiger partial charge in [-0.05, 0) is 27.0 Å². The monoisotopic (exact) mass is 354 g/mol. The second kappa shape index (κ2) is 6.86. The highest BCUT2D eigenvalue weighted by Gasteiger charge is 2.27. The van der Waals surface area contributed by atoms with Crippen LogP contribution in [0.25, 0.3) is 10.9 Å². The first-order valence-electron chi connectivity index (χ1n) is 8.43. The van der Waals surface area contributed by atoms with Crippen LogP contribution in [0.5, 0.6) is 0 Å². The Morgan fingerprint density at radius 3 is 2.58 bits per heavy atom. The molecular formula is C18H22N6O2. The number of likely N-dealkylation sites (N-methyl/N-ethyl adjacent to an activating group) is 1. The fourth-order valence-electron chi connectivity index (χ4n) is 3.03. The van der Waals surface area contributed by atoms with Gasteiger partial charge in [-0.3, -0.25) is 15.0 Å². The number of nitro groups is 1. The lowest BCUT2D eigenvalue weighted by Gasteiger charge is -2.40. The summed E-state index contributed by atoms with van der Waals surface area (Å²) in [4.78, 5) is 23.6. The van der Waals surface area contributed by atoms with Crippen LogP contribution in [0.1, 0.15) is 19.4 Å². The van der Waals surface area contributed by atoms with E-state index in [1.807, 2.05) is 13.8 Å². The number of nitrogens with zero attached hydrogens (tertiary/aromatic N) is 5. The largest absolute Gasteiger partial charge is 0.383 e. The molecule has 0 unspecified atom stereocenters. The highest BCUT2D eigenvalue weighted by atomic mass is 16.6. The van der Waals surface area contributed by atoms with Gasteiger partial charge in [0.25, 0.3) is 5.69 Å². The van der Waals surface area contributed by atoms with Gasteiger partial charge in [-0.2, -0.15) is 0 Å². The van der Waals surface area contributed by atoms with Crippen molar-refractivity contribution in [3.05, 3.63) is 34.1 Å². The molecule has 2 heterocycles. The number of nitro benzene ring substituents is 1. The summed E-state index contributed by atoms with van der Waals surface area (Å²) in [5, 5.41) is 11.9. The summed E-state index contributed by atoms with van der Waals surface area (Å²) in [7, 11) is 2.10. The maximum Gasteiger partial charge on any atom is 0.285 e. The van der Waals surface area contributed by atoms with Crippen LogP contribution in [0.3, 0.4) is 0 Å². The van der Waals surface area contributed by atoms with Crippen molar-refractivity contribution in [3.8, 4) is 11.8 Å². The van der Waals surface area contributed by atoms with E-state index in [1.165, 1.54) is 12.4 Å². The van der Waals surface area contributed by atoms with Crippen LogP contribution in [0, 0.1) is 22.0 Å². The molecule has 0 saturated carbocycles. The van der Waals surface area contributed by atoms with Crippen LogP contribution in [-0.2, 0) is 0 Å². The minimum atomic E-state index is -0.446. The van der Waals surface area contributed by atoms with E-state index in [4.69, 9.17) is 5.73 Å². The molecule has 1 aliphatic rings. The van der Waals surface area contributed by atoms with Gasteiger partial charge in [0.05, 0.1) is 16.0 Å². The van der Waals surface area contributed by atoms with Gasteiger partial charge in [-0.15, -0.1) is 0 Å². The Labute approximate surface area is 152 Å². The number of fused-ring (bicyclic) bond motifs is 1. The second-order valence-electron chi connectivity index (χ2n) is 7.00. The summed E-state index contributed by atoms with van der Waals surface area (Å²) in [6.45, 7) is 7.88. The molecule has 8 heteroatoms. The molecule has 0 amide bonds. The van der Waals surface area contributed by atoms with Gasteiger partial charge in [0, 0.05) is 37.6 Å². The molecule has 0 spiro atoms. The van der Waals surface area contributed by atoms with Crippen LogP contribution in [-0.4, -0.2) is 63.5 Å². The zero-order valence-electron chi connectivity index (χ0n) is 15.2. The van der Waals surface area contributed by atoms with Gasteiger partial charge in [-0.1, -0.05) is 11.8 Å². The van der Waals surface area contributed by atoms with Crippen molar-refractivity contribution in [2.45, 2.75) is 19.4 Å². The van der Waals surface area contributed by atoms with Gasteiger partial charge < -0.3 is 10.6 Å². The highest BCUT2D eigenvalue weighted by molar-refractivity contribution is 5.91. The zero-order chi connectivity index (χ0) is 18.9. The standard InChI is InChI=1S/C18H22N6O2/c1-18(2,23-8-6-22(3)7-9-23)5-4-13-10-15-14(11-16(13)24(25)26)17(19)21-12-20-15/h10-12H,6-9H2,1-3H3,(H2,19,20,21). The molecule has 1 aromatic carbocycles. The molecule has 1 aromatic heterocycles. The molecular weight excluding hydrogens is 332 g/mol.